The first-order valence-corrected chi connectivity index (χ1v) is 14.7. The van der Waals surface area contributed by atoms with E-state index in [1.165, 1.54) is 22.5 Å². The Balaban J connectivity index is 1.21. The topological polar surface area (TPSA) is 37.4 Å². The molecule has 202 valence electrons. The molecule has 0 amide bonds. The van der Waals surface area contributed by atoms with E-state index in [9.17, 15) is 9.59 Å². The van der Waals surface area contributed by atoms with Gasteiger partial charge in [0.25, 0.3) is 0 Å². The molecular weight excluding hydrogens is 534 g/mol. The maximum absolute atomic E-state index is 13.6. The number of benzene rings is 5. The van der Waals surface area contributed by atoms with Crippen molar-refractivity contribution in [1.82, 2.24) is 0 Å². The van der Waals surface area contributed by atoms with Gasteiger partial charge in [0, 0.05) is 33.1 Å². The van der Waals surface area contributed by atoms with Crippen molar-refractivity contribution in [3.8, 4) is 32.7 Å². The fourth-order valence-electron chi connectivity index (χ4n) is 5.62. The predicted octanol–water partition coefficient (Wildman–Crippen LogP) is 10.2. The number of carbonyl (C=O) groups excluding carboxylic acids is 2. The maximum atomic E-state index is 13.6. The van der Waals surface area contributed by atoms with E-state index in [1.807, 2.05) is 36.4 Å². The van der Waals surface area contributed by atoms with Crippen LogP contribution in [0, 0.1) is 13.8 Å². The lowest BCUT2D eigenvalue weighted by molar-refractivity contribution is 0.104. The molecule has 3 nitrogen and oxygen atoms in total. The smallest absolute Gasteiger partial charge is 0.194 e. The van der Waals surface area contributed by atoms with Gasteiger partial charge in [-0.1, -0.05) is 71.8 Å². The van der Waals surface area contributed by atoms with Gasteiger partial charge in [0.1, 0.15) is 0 Å². The largest absolute Gasteiger partial charge is 0.311 e. The molecule has 0 saturated carbocycles. The number of anilines is 3. The van der Waals surface area contributed by atoms with Crippen molar-refractivity contribution in [2.45, 2.75) is 13.8 Å². The van der Waals surface area contributed by atoms with Crippen LogP contribution in [-0.2, 0) is 0 Å². The Bertz CT molecular complexity index is 1920. The van der Waals surface area contributed by atoms with E-state index < -0.39 is 0 Å². The Kier molecular flexibility index (Phi) is 6.41. The Labute approximate surface area is 249 Å². The zero-order chi connectivity index (χ0) is 28.8. The van der Waals surface area contributed by atoms with Crippen molar-refractivity contribution in [3.63, 3.8) is 0 Å². The maximum Gasteiger partial charge on any atom is 0.194 e. The predicted molar refractivity (Wildman–Crippen MR) is 174 cm³/mol. The minimum atomic E-state index is 0.0393. The van der Waals surface area contributed by atoms with Gasteiger partial charge in [0.2, 0.25) is 0 Å². The van der Waals surface area contributed by atoms with Gasteiger partial charge in [0.15, 0.2) is 12.1 Å². The highest BCUT2D eigenvalue weighted by molar-refractivity contribution is 7.17. The van der Waals surface area contributed by atoms with Crippen LogP contribution in [-0.4, -0.2) is 12.1 Å². The summed E-state index contributed by atoms with van der Waals surface area (Å²) in [5.41, 5.74) is 12.1. The molecule has 6 aromatic rings. The molecular formula is C38H27NO2S. The number of ketones is 1. The second-order valence-corrected chi connectivity index (χ2v) is 11.8. The van der Waals surface area contributed by atoms with Crippen molar-refractivity contribution >= 4 is 40.5 Å². The van der Waals surface area contributed by atoms with E-state index in [2.05, 4.69) is 104 Å². The zero-order valence-corrected chi connectivity index (χ0v) is 24.1. The first kappa shape index (κ1) is 25.9. The first-order valence-electron chi connectivity index (χ1n) is 13.9. The minimum Gasteiger partial charge on any atom is -0.311 e. The molecule has 5 aromatic carbocycles. The Hall–Kier alpha value is -5.06. The molecule has 0 atom stereocenters. The third-order valence-electron chi connectivity index (χ3n) is 7.89. The summed E-state index contributed by atoms with van der Waals surface area (Å²) in [5.74, 6) is 0.0393. The molecule has 1 aliphatic rings. The van der Waals surface area contributed by atoms with Crippen LogP contribution in [0.1, 0.15) is 36.7 Å². The molecule has 0 aliphatic heterocycles. The SMILES string of the molecule is Cc1ccc(N(c2ccc(C)cc2)c2ccc(-c3ccc4c(c3)C(=O)c3cc(-c5ccc(C=O)s5)ccc3-4)cc2)cc1. The lowest BCUT2D eigenvalue weighted by atomic mass is 9.98. The number of hydrogen-bond donors (Lipinski definition) is 0. The molecule has 0 bridgehead atoms. The van der Waals surface area contributed by atoms with Gasteiger partial charge < -0.3 is 4.90 Å². The minimum absolute atomic E-state index is 0.0393. The summed E-state index contributed by atoms with van der Waals surface area (Å²) < 4.78 is 0. The molecule has 0 spiro atoms. The number of hydrogen-bond acceptors (Lipinski definition) is 4. The fourth-order valence-corrected chi connectivity index (χ4v) is 6.44. The van der Waals surface area contributed by atoms with E-state index in [0.717, 1.165) is 61.6 Å². The average molecular weight is 562 g/mol. The molecule has 42 heavy (non-hydrogen) atoms. The van der Waals surface area contributed by atoms with Gasteiger partial charge in [0.05, 0.1) is 4.88 Å². The highest BCUT2D eigenvalue weighted by atomic mass is 32.1. The van der Waals surface area contributed by atoms with Gasteiger partial charge >= 0.3 is 0 Å². The van der Waals surface area contributed by atoms with Crippen LogP contribution in [0.5, 0.6) is 0 Å². The lowest BCUT2D eigenvalue weighted by Gasteiger charge is -2.26. The standard InChI is InChI=1S/C38H27NO2S/c1-24-3-11-29(12-4-24)39(30-13-5-25(2)6-14-30)31-15-7-26(8-16-31)27-9-18-33-34-19-10-28(37-20-17-32(23-40)42-37)22-36(34)38(41)35(33)21-27/h3-23H,1-2H3. The van der Waals surface area contributed by atoms with Crippen molar-refractivity contribution in [3.05, 3.63) is 148 Å². The Morgan fingerprint density at radius 3 is 1.52 bits per heavy atom. The second kappa shape index (κ2) is 10.4. The molecule has 7 rings (SSSR count). The van der Waals surface area contributed by atoms with E-state index in [-0.39, 0.29) is 5.78 Å². The van der Waals surface area contributed by atoms with Crippen LogP contribution in [0.15, 0.2) is 121 Å². The number of rotatable bonds is 6. The zero-order valence-electron chi connectivity index (χ0n) is 23.3. The number of aldehydes is 1. The highest BCUT2D eigenvalue weighted by Gasteiger charge is 2.27. The molecule has 1 aromatic heterocycles. The quantitative estimate of drug-likeness (QED) is 0.190. The molecule has 0 fully saturated rings. The summed E-state index contributed by atoms with van der Waals surface area (Å²) in [6.07, 6.45) is 0.860. The van der Waals surface area contributed by atoms with Gasteiger partial charge in [-0.25, -0.2) is 0 Å². The molecule has 4 heteroatoms. The molecule has 0 radical (unpaired) electrons. The van der Waals surface area contributed by atoms with Crippen LogP contribution in [0.25, 0.3) is 32.7 Å². The fraction of sp³-hybridized carbons (Fsp3) is 0.0526. The van der Waals surface area contributed by atoms with Crippen molar-refractivity contribution < 1.29 is 9.59 Å². The molecule has 0 saturated heterocycles. The average Bonchev–Trinajstić information content (AvgIpc) is 3.62. The monoisotopic (exact) mass is 561 g/mol. The number of nitrogens with zero attached hydrogens (tertiary/aromatic N) is 1. The van der Waals surface area contributed by atoms with Crippen LogP contribution in [0.4, 0.5) is 17.1 Å². The van der Waals surface area contributed by atoms with Crippen LogP contribution < -0.4 is 4.90 Å². The van der Waals surface area contributed by atoms with Crippen molar-refractivity contribution in [2.24, 2.45) is 0 Å². The summed E-state index contributed by atoms with van der Waals surface area (Å²) in [5, 5.41) is 0. The summed E-state index contributed by atoms with van der Waals surface area (Å²) in [7, 11) is 0. The van der Waals surface area contributed by atoms with E-state index >= 15 is 0 Å². The summed E-state index contributed by atoms with van der Waals surface area (Å²) in [6, 6.07) is 41.6. The van der Waals surface area contributed by atoms with E-state index in [1.54, 1.807) is 0 Å². The second-order valence-electron chi connectivity index (χ2n) is 10.7. The summed E-state index contributed by atoms with van der Waals surface area (Å²) >= 11 is 1.43. The van der Waals surface area contributed by atoms with Gasteiger partial charge in [-0.05, 0) is 102 Å². The first-order chi connectivity index (χ1) is 20.5. The number of carbonyl (C=O) groups is 2. The molecule has 0 unspecified atom stereocenters. The third-order valence-corrected chi connectivity index (χ3v) is 8.95. The van der Waals surface area contributed by atoms with Gasteiger partial charge in [-0.3, -0.25) is 9.59 Å². The van der Waals surface area contributed by atoms with E-state index in [4.69, 9.17) is 0 Å². The lowest BCUT2D eigenvalue weighted by Crippen LogP contribution is -2.09. The van der Waals surface area contributed by atoms with Gasteiger partial charge in [-0.2, -0.15) is 0 Å². The molecule has 1 heterocycles. The van der Waals surface area contributed by atoms with Crippen molar-refractivity contribution in [2.75, 3.05) is 4.90 Å². The molecule has 1 aliphatic carbocycles. The summed E-state index contributed by atoms with van der Waals surface area (Å²) in [4.78, 5) is 28.6. The van der Waals surface area contributed by atoms with Gasteiger partial charge in [-0.15, -0.1) is 11.3 Å². The Morgan fingerprint density at radius 1 is 0.524 bits per heavy atom. The molecule has 0 N–H and O–H groups in total. The van der Waals surface area contributed by atoms with E-state index in [0.29, 0.717) is 10.4 Å². The number of fused-ring (bicyclic) bond motifs is 3. The van der Waals surface area contributed by atoms with Crippen LogP contribution >= 0.6 is 11.3 Å². The third kappa shape index (κ3) is 4.56. The van der Waals surface area contributed by atoms with Crippen LogP contribution in [0.2, 0.25) is 0 Å². The number of aryl methyl sites for hydroxylation is 2. The van der Waals surface area contributed by atoms with Crippen molar-refractivity contribution in [1.29, 1.82) is 0 Å². The Morgan fingerprint density at radius 2 is 1.00 bits per heavy atom. The number of thiophene rings is 1. The van der Waals surface area contributed by atoms with Crippen LogP contribution in [0.3, 0.4) is 0 Å². The highest BCUT2D eigenvalue weighted by Crippen LogP contribution is 2.42. The normalized spacial score (nSPS) is 11.7. The summed E-state index contributed by atoms with van der Waals surface area (Å²) in [6.45, 7) is 4.20.